The molecule has 0 bridgehead atoms. The number of rotatable bonds is 10. The van der Waals surface area contributed by atoms with Crippen molar-refractivity contribution in [1.82, 2.24) is 10.9 Å². The van der Waals surface area contributed by atoms with Crippen molar-refractivity contribution in [3.63, 3.8) is 0 Å². The summed E-state index contributed by atoms with van der Waals surface area (Å²) in [5.41, 5.74) is 9.67. The molecule has 0 spiro atoms. The number of hydrazine groups is 1. The van der Waals surface area contributed by atoms with Gasteiger partial charge in [0.25, 0.3) is 5.91 Å². The summed E-state index contributed by atoms with van der Waals surface area (Å²) in [4.78, 5) is 46.1. The van der Waals surface area contributed by atoms with Crippen LogP contribution >= 0.6 is 11.8 Å². The van der Waals surface area contributed by atoms with E-state index in [2.05, 4.69) is 10.9 Å². The van der Waals surface area contributed by atoms with Crippen molar-refractivity contribution in [2.45, 2.75) is 56.3 Å². The Labute approximate surface area is 167 Å². The SMILES string of the molecule is NC(=O)CC[N+]1=C(O)C(SCCC(=O)NNC(=O)COC2CCCC2)CC1=O. The predicted molar refractivity (Wildman–Crippen MR) is 102 cm³/mol. The van der Waals surface area contributed by atoms with Crippen LogP contribution in [0.4, 0.5) is 0 Å². The molecule has 1 unspecified atom stereocenters. The number of amides is 4. The molecule has 4 amide bonds. The molecule has 1 aliphatic heterocycles. The molecule has 0 radical (unpaired) electrons. The summed E-state index contributed by atoms with van der Waals surface area (Å²) in [5.74, 6) is -1.39. The fraction of sp³-hybridized carbons (Fsp3) is 0.706. The monoisotopic (exact) mass is 415 g/mol. The minimum Gasteiger partial charge on any atom is -0.462 e. The second-order valence-corrected chi connectivity index (χ2v) is 8.06. The number of nitrogens with one attached hydrogen (secondary N) is 2. The molecular formula is C17H27N4O6S+. The van der Waals surface area contributed by atoms with Gasteiger partial charge in [0.05, 0.1) is 18.9 Å². The van der Waals surface area contributed by atoms with E-state index >= 15 is 0 Å². The number of hydrogen-bond acceptors (Lipinski definition) is 6. The molecule has 0 aromatic heterocycles. The number of carbonyl (C=O) groups excluding carboxylic acids is 4. The molecule has 1 aliphatic carbocycles. The summed E-state index contributed by atoms with van der Waals surface area (Å²) in [6, 6.07) is 0. The average molecular weight is 415 g/mol. The van der Waals surface area contributed by atoms with Crippen LogP contribution in [0.1, 0.15) is 44.9 Å². The molecule has 0 aromatic carbocycles. The van der Waals surface area contributed by atoms with Crippen LogP contribution < -0.4 is 16.6 Å². The van der Waals surface area contributed by atoms with E-state index in [1.54, 1.807) is 0 Å². The van der Waals surface area contributed by atoms with E-state index < -0.39 is 17.1 Å². The van der Waals surface area contributed by atoms with Crippen molar-refractivity contribution < 1.29 is 33.6 Å². The first-order valence-electron chi connectivity index (χ1n) is 9.32. The van der Waals surface area contributed by atoms with Gasteiger partial charge in [-0.15, -0.1) is 16.3 Å². The third-order valence-corrected chi connectivity index (χ3v) is 5.77. The lowest BCUT2D eigenvalue weighted by Crippen LogP contribution is -2.43. The molecule has 1 saturated carbocycles. The Bertz CT molecular complexity index is 648. The summed E-state index contributed by atoms with van der Waals surface area (Å²) in [7, 11) is 0. The van der Waals surface area contributed by atoms with E-state index in [9.17, 15) is 24.3 Å². The zero-order valence-electron chi connectivity index (χ0n) is 15.6. The summed E-state index contributed by atoms with van der Waals surface area (Å²) in [6.07, 6.45) is 4.46. The normalized spacial score (nSPS) is 19.9. The van der Waals surface area contributed by atoms with E-state index in [1.165, 1.54) is 11.8 Å². The smallest absolute Gasteiger partial charge is 0.391 e. The number of primary amides is 1. The number of hydrogen-bond donors (Lipinski definition) is 4. The highest BCUT2D eigenvalue weighted by Gasteiger charge is 2.41. The molecule has 1 atom stereocenters. The first-order chi connectivity index (χ1) is 13.4. The molecular weight excluding hydrogens is 388 g/mol. The molecule has 156 valence electrons. The van der Waals surface area contributed by atoms with Crippen LogP contribution in [0.25, 0.3) is 0 Å². The third kappa shape index (κ3) is 7.12. The maximum Gasteiger partial charge on any atom is 0.391 e. The van der Waals surface area contributed by atoms with E-state index in [0.717, 1.165) is 30.3 Å². The van der Waals surface area contributed by atoms with E-state index in [-0.39, 0.29) is 56.2 Å². The standard InChI is InChI=1S/C17H26N4O6S/c18-13(22)5-7-21-16(25)9-12(17(21)26)28-8-6-14(23)19-20-15(24)10-27-11-3-1-2-4-11/h11-12H,1-10H2,(H4,18,19,20,22,23,24)/p+1. The maximum atomic E-state index is 11.9. The van der Waals surface area contributed by atoms with E-state index in [4.69, 9.17) is 10.5 Å². The first-order valence-corrected chi connectivity index (χ1v) is 10.4. The Morgan fingerprint density at radius 2 is 1.86 bits per heavy atom. The van der Waals surface area contributed by atoms with Crippen LogP contribution in [-0.2, 0) is 23.9 Å². The molecule has 0 saturated heterocycles. The van der Waals surface area contributed by atoms with Crippen molar-refractivity contribution in [3.05, 3.63) is 0 Å². The highest BCUT2D eigenvalue weighted by Crippen LogP contribution is 2.22. The molecule has 11 heteroatoms. The highest BCUT2D eigenvalue weighted by atomic mass is 32.2. The lowest BCUT2D eigenvalue weighted by atomic mass is 10.3. The number of aliphatic hydroxyl groups is 1. The second-order valence-electron chi connectivity index (χ2n) is 6.75. The van der Waals surface area contributed by atoms with Crippen molar-refractivity contribution in [2.75, 3.05) is 18.9 Å². The van der Waals surface area contributed by atoms with Gasteiger partial charge in [0.15, 0.2) is 6.54 Å². The molecule has 28 heavy (non-hydrogen) atoms. The van der Waals surface area contributed by atoms with Crippen LogP contribution in [0.5, 0.6) is 0 Å². The van der Waals surface area contributed by atoms with E-state index in [1.807, 2.05) is 0 Å². The minimum atomic E-state index is -0.552. The van der Waals surface area contributed by atoms with Crippen LogP contribution in [0, 0.1) is 0 Å². The lowest BCUT2D eigenvalue weighted by molar-refractivity contribution is -0.450. The van der Waals surface area contributed by atoms with Crippen LogP contribution in [0.3, 0.4) is 0 Å². The Kier molecular flexibility index (Phi) is 8.71. The molecule has 0 aromatic rings. The Balaban J connectivity index is 1.61. The molecule has 1 heterocycles. The van der Waals surface area contributed by atoms with E-state index in [0.29, 0.717) is 5.75 Å². The number of thioether (sulfide) groups is 1. The van der Waals surface area contributed by atoms with Gasteiger partial charge < -0.3 is 15.6 Å². The van der Waals surface area contributed by atoms with Gasteiger partial charge in [0.1, 0.15) is 11.9 Å². The van der Waals surface area contributed by atoms with Gasteiger partial charge in [-0.3, -0.25) is 25.2 Å². The Morgan fingerprint density at radius 3 is 2.54 bits per heavy atom. The number of nitrogens with two attached hydrogens (primary N) is 1. The summed E-state index contributed by atoms with van der Waals surface area (Å²) >= 11 is 1.26. The second kappa shape index (κ2) is 11.0. The fourth-order valence-electron chi connectivity index (χ4n) is 3.04. The zero-order valence-corrected chi connectivity index (χ0v) is 16.5. The molecule has 1 fully saturated rings. The highest BCUT2D eigenvalue weighted by molar-refractivity contribution is 8.00. The summed E-state index contributed by atoms with van der Waals surface area (Å²) in [5, 5.41) is 9.64. The molecule has 2 rings (SSSR count). The number of aliphatic hydroxyl groups excluding tert-OH is 1. The van der Waals surface area contributed by atoms with Crippen molar-refractivity contribution in [3.8, 4) is 0 Å². The Morgan fingerprint density at radius 1 is 1.18 bits per heavy atom. The topological polar surface area (TPSA) is 151 Å². The number of carbonyl (C=O) groups is 4. The van der Waals surface area contributed by atoms with Crippen LogP contribution in [-0.4, -0.2) is 69.5 Å². The van der Waals surface area contributed by atoms with Gasteiger partial charge in [-0.05, 0) is 12.8 Å². The van der Waals surface area contributed by atoms with Gasteiger partial charge in [-0.25, -0.2) is 4.79 Å². The quantitative estimate of drug-likeness (QED) is 0.274. The average Bonchev–Trinajstić information content (AvgIpc) is 3.25. The van der Waals surface area contributed by atoms with Crippen LogP contribution in [0.15, 0.2) is 0 Å². The lowest BCUT2D eigenvalue weighted by Gasteiger charge is -2.11. The zero-order chi connectivity index (χ0) is 20.5. The van der Waals surface area contributed by atoms with Gasteiger partial charge in [-0.1, -0.05) is 12.8 Å². The number of nitrogens with zero attached hydrogens (tertiary/aromatic N) is 1. The molecule has 2 aliphatic rings. The third-order valence-electron chi connectivity index (χ3n) is 4.55. The largest absolute Gasteiger partial charge is 0.462 e. The van der Waals surface area contributed by atoms with Crippen molar-refractivity contribution in [2.24, 2.45) is 5.73 Å². The summed E-state index contributed by atoms with van der Waals surface area (Å²) in [6.45, 7) is -0.0413. The van der Waals surface area contributed by atoms with Gasteiger partial charge in [0.2, 0.25) is 11.8 Å². The van der Waals surface area contributed by atoms with Crippen LogP contribution in [0.2, 0.25) is 0 Å². The maximum absolute atomic E-state index is 11.9. The van der Waals surface area contributed by atoms with Gasteiger partial charge in [0, 0.05) is 12.2 Å². The summed E-state index contributed by atoms with van der Waals surface area (Å²) < 4.78 is 6.59. The van der Waals surface area contributed by atoms with Crippen molar-refractivity contribution >= 4 is 41.3 Å². The molecule has 5 N–H and O–H groups in total. The first kappa shape index (κ1) is 22.2. The van der Waals surface area contributed by atoms with Crippen molar-refractivity contribution in [1.29, 1.82) is 0 Å². The fourth-order valence-corrected chi connectivity index (χ4v) is 4.16. The van der Waals surface area contributed by atoms with Gasteiger partial charge in [-0.2, -0.15) is 0 Å². The predicted octanol–water partition coefficient (Wildman–Crippen LogP) is -0.640. The minimum absolute atomic E-state index is 0.0280. The number of ether oxygens (including phenoxy) is 1. The molecule has 10 nitrogen and oxygen atoms in total. The van der Waals surface area contributed by atoms with Gasteiger partial charge >= 0.3 is 11.8 Å². The Hall–Kier alpha value is -2.14.